The van der Waals surface area contributed by atoms with E-state index in [1.165, 1.54) is 13.2 Å². The molecule has 1 N–H and O–H groups in total. The Kier molecular flexibility index (Phi) is 2.99. The summed E-state index contributed by atoms with van der Waals surface area (Å²) in [6.07, 6.45) is -3.90. The number of ether oxygens (including phenoxy) is 2. The number of aryl methyl sites for hydroxylation is 1. The van der Waals surface area contributed by atoms with Crippen molar-refractivity contribution in [1.82, 2.24) is 5.32 Å². The molecule has 0 aliphatic carbocycles. The van der Waals surface area contributed by atoms with E-state index in [0.717, 1.165) is 0 Å². The Hall–Kier alpha value is -1.27. The van der Waals surface area contributed by atoms with Gasteiger partial charge >= 0.3 is 6.18 Å². The van der Waals surface area contributed by atoms with Crippen LogP contribution in [-0.4, -0.2) is 26.3 Å². The van der Waals surface area contributed by atoms with Crippen LogP contribution in [-0.2, 0) is 16.5 Å². The molecule has 0 amide bonds. The molecule has 0 saturated carbocycles. The summed E-state index contributed by atoms with van der Waals surface area (Å²) in [4.78, 5) is 0. The van der Waals surface area contributed by atoms with Gasteiger partial charge in [0.2, 0.25) is 0 Å². The van der Waals surface area contributed by atoms with Gasteiger partial charge in [-0.25, -0.2) is 0 Å². The molecule has 2 atom stereocenters. The van der Waals surface area contributed by atoms with Crippen molar-refractivity contribution < 1.29 is 22.6 Å². The molecule has 1 aromatic carbocycles. The zero-order chi connectivity index (χ0) is 14.5. The fourth-order valence-corrected chi connectivity index (χ4v) is 3.23. The molecule has 1 aromatic rings. The minimum atomic E-state index is -4.47. The summed E-state index contributed by atoms with van der Waals surface area (Å²) in [6.45, 7) is 2.47. The van der Waals surface area contributed by atoms with Gasteiger partial charge in [-0.2, -0.15) is 13.2 Å². The number of nitrogens with one attached hydrogen (secondary N) is 1. The van der Waals surface area contributed by atoms with Crippen LogP contribution in [0.25, 0.3) is 0 Å². The van der Waals surface area contributed by atoms with Crippen molar-refractivity contribution in [3.05, 3.63) is 28.8 Å². The summed E-state index contributed by atoms with van der Waals surface area (Å²) in [5, 5.41) is 3.19. The van der Waals surface area contributed by atoms with Gasteiger partial charge < -0.3 is 14.8 Å². The molecule has 0 radical (unpaired) electrons. The molecule has 20 heavy (non-hydrogen) atoms. The summed E-state index contributed by atoms with van der Waals surface area (Å²) >= 11 is 0. The van der Waals surface area contributed by atoms with E-state index < -0.39 is 17.3 Å². The van der Waals surface area contributed by atoms with E-state index >= 15 is 0 Å². The van der Waals surface area contributed by atoms with E-state index in [1.807, 2.05) is 0 Å². The van der Waals surface area contributed by atoms with Crippen molar-refractivity contribution >= 4 is 0 Å². The average molecular weight is 287 g/mol. The van der Waals surface area contributed by atoms with Gasteiger partial charge in [0, 0.05) is 18.2 Å². The van der Waals surface area contributed by atoms with Crippen LogP contribution in [0, 0.1) is 6.92 Å². The van der Waals surface area contributed by atoms with Crippen LogP contribution in [0.2, 0.25) is 0 Å². The second kappa shape index (κ2) is 4.36. The molecule has 2 bridgehead atoms. The predicted molar refractivity (Wildman–Crippen MR) is 66.8 cm³/mol. The van der Waals surface area contributed by atoms with Gasteiger partial charge in [0.25, 0.3) is 0 Å². The lowest BCUT2D eigenvalue weighted by Crippen LogP contribution is -2.38. The zero-order valence-corrected chi connectivity index (χ0v) is 11.3. The molecule has 2 saturated heterocycles. The maximum absolute atomic E-state index is 13.5. The minimum Gasteiger partial charge on any atom is -0.496 e. The topological polar surface area (TPSA) is 30.5 Å². The highest BCUT2D eigenvalue weighted by molar-refractivity contribution is 5.51. The normalized spacial score (nSPS) is 28.9. The number of morpholine rings is 1. The van der Waals surface area contributed by atoms with Gasteiger partial charge in [0.05, 0.1) is 13.7 Å². The highest BCUT2D eigenvalue weighted by Gasteiger charge is 2.52. The maximum atomic E-state index is 13.5. The third-order valence-electron chi connectivity index (χ3n) is 4.15. The molecule has 3 nitrogen and oxygen atoms in total. The Morgan fingerprint density at radius 2 is 2.15 bits per heavy atom. The lowest BCUT2D eigenvalue weighted by molar-refractivity contribution is -0.142. The monoisotopic (exact) mass is 287 g/mol. The summed E-state index contributed by atoms with van der Waals surface area (Å²) in [7, 11) is 1.27. The maximum Gasteiger partial charge on any atom is 0.420 e. The predicted octanol–water partition coefficient (Wildman–Crippen LogP) is 2.61. The number of methoxy groups -OCH3 is 1. The fraction of sp³-hybridized carbons (Fsp3) is 0.571. The van der Waals surface area contributed by atoms with Crippen LogP contribution in [0.1, 0.15) is 23.1 Å². The Labute approximate surface area is 115 Å². The molecule has 0 spiro atoms. The third kappa shape index (κ3) is 1.90. The van der Waals surface area contributed by atoms with E-state index in [-0.39, 0.29) is 17.4 Å². The molecule has 6 heteroatoms. The number of benzene rings is 1. The molecule has 2 fully saturated rings. The van der Waals surface area contributed by atoms with Gasteiger partial charge in [-0.05, 0) is 18.9 Å². The Morgan fingerprint density at radius 3 is 2.60 bits per heavy atom. The summed E-state index contributed by atoms with van der Waals surface area (Å²) in [5.74, 6) is -0.108. The van der Waals surface area contributed by atoms with E-state index in [4.69, 9.17) is 9.47 Å². The Balaban J connectivity index is 2.21. The van der Waals surface area contributed by atoms with Crippen LogP contribution < -0.4 is 10.1 Å². The smallest absolute Gasteiger partial charge is 0.420 e. The Morgan fingerprint density at radius 1 is 1.40 bits per heavy atom. The first-order valence-electron chi connectivity index (χ1n) is 6.50. The molecule has 2 unspecified atom stereocenters. The highest BCUT2D eigenvalue weighted by atomic mass is 19.4. The standard InChI is InChI=1S/C14H16F3NO2/c1-8-3-4-10(11(12(8)19-2)14(15,16)17)13-5-9(6-20-13)18-7-13/h3-4,9,18H,5-7H2,1-2H3. The molecule has 2 aliphatic heterocycles. The van der Waals surface area contributed by atoms with E-state index in [0.29, 0.717) is 25.1 Å². The van der Waals surface area contributed by atoms with E-state index in [9.17, 15) is 13.2 Å². The summed E-state index contributed by atoms with van der Waals surface area (Å²) in [5.41, 5.74) is -0.930. The first-order valence-corrected chi connectivity index (χ1v) is 6.50. The van der Waals surface area contributed by atoms with Crippen LogP contribution in [0.15, 0.2) is 12.1 Å². The van der Waals surface area contributed by atoms with Gasteiger partial charge in [-0.1, -0.05) is 12.1 Å². The zero-order valence-electron chi connectivity index (χ0n) is 11.3. The number of hydrogen-bond acceptors (Lipinski definition) is 3. The van der Waals surface area contributed by atoms with Gasteiger partial charge in [-0.3, -0.25) is 0 Å². The van der Waals surface area contributed by atoms with Crippen molar-refractivity contribution in [2.75, 3.05) is 20.3 Å². The minimum absolute atomic E-state index is 0.108. The fourth-order valence-electron chi connectivity index (χ4n) is 3.23. The van der Waals surface area contributed by atoms with Crippen LogP contribution in [0.5, 0.6) is 5.75 Å². The number of fused-ring (bicyclic) bond motifs is 2. The third-order valence-corrected chi connectivity index (χ3v) is 4.15. The van der Waals surface area contributed by atoms with Gasteiger partial charge in [-0.15, -0.1) is 0 Å². The molecular formula is C14H16F3NO2. The van der Waals surface area contributed by atoms with Gasteiger partial charge in [0.15, 0.2) is 0 Å². The number of halogens is 3. The highest BCUT2D eigenvalue weighted by Crippen LogP contribution is 2.49. The summed E-state index contributed by atoms with van der Waals surface area (Å²) in [6, 6.07) is 3.33. The van der Waals surface area contributed by atoms with Crippen molar-refractivity contribution in [1.29, 1.82) is 0 Å². The average Bonchev–Trinajstić information content (AvgIpc) is 2.98. The molecular weight excluding hydrogens is 271 g/mol. The van der Waals surface area contributed by atoms with Crippen molar-refractivity contribution in [3.63, 3.8) is 0 Å². The molecule has 2 heterocycles. The lowest BCUT2D eigenvalue weighted by atomic mass is 9.87. The number of rotatable bonds is 2. The lowest BCUT2D eigenvalue weighted by Gasteiger charge is -2.31. The van der Waals surface area contributed by atoms with Crippen LogP contribution >= 0.6 is 0 Å². The van der Waals surface area contributed by atoms with Crippen molar-refractivity contribution in [2.24, 2.45) is 0 Å². The van der Waals surface area contributed by atoms with E-state index in [1.54, 1.807) is 13.0 Å². The SMILES string of the molecule is COc1c(C)ccc(C23CNC(CO2)C3)c1C(F)(F)F. The number of hydrogen-bond donors (Lipinski definition) is 1. The first kappa shape index (κ1) is 13.7. The van der Waals surface area contributed by atoms with Crippen LogP contribution in [0.4, 0.5) is 13.2 Å². The molecule has 110 valence electrons. The van der Waals surface area contributed by atoms with Crippen molar-refractivity contribution in [2.45, 2.75) is 31.2 Å². The molecule has 2 aliphatic rings. The second-order valence-electron chi connectivity index (χ2n) is 5.42. The quantitative estimate of drug-likeness (QED) is 0.907. The summed E-state index contributed by atoms with van der Waals surface area (Å²) < 4.78 is 51.2. The van der Waals surface area contributed by atoms with Crippen molar-refractivity contribution in [3.8, 4) is 5.75 Å². The first-order chi connectivity index (χ1) is 9.37. The molecule has 3 rings (SSSR count). The second-order valence-corrected chi connectivity index (χ2v) is 5.42. The number of alkyl halides is 3. The van der Waals surface area contributed by atoms with E-state index in [2.05, 4.69) is 5.32 Å². The molecule has 0 aromatic heterocycles. The Bertz CT molecular complexity index is 534. The van der Waals surface area contributed by atoms with Gasteiger partial charge in [0.1, 0.15) is 16.9 Å². The van der Waals surface area contributed by atoms with Crippen LogP contribution in [0.3, 0.4) is 0 Å². The largest absolute Gasteiger partial charge is 0.496 e.